The fraction of sp³-hybridized carbons (Fsp3) is 0.348. The van der Waals surface area contributed by atoms with Gasteiger partial charge in [-0.2, -0.15) is 0 Å². The first kappa shape index (κ1) is 23.1. The molecule has 0 bridgehead atoms. The number of halogens is 1. The minimum Gasteiger partial charge on any atom is -0.494 e. The number of carbonyl (C=O) groups is 3. The predicted octanol–water partition coefficient (Wildman–Crippen LogP) is 3.78. The second-order valence-corrected chi connectivity index (χ2v) is 6.80. The van der Waals surface area contributed by atoms with Gasteiger partial charge in [0.1, 0.15) is 11.6 Å². The summed E-state index contributed by atoms with van der Waals surface area (Å²) >= 11 is 0. The summed E-state index contributed by atoms with van der Waals surface area (Å²) in [6.07, 6.45) is 0.745. The topological polar surface area (TPSA) is 72.9 Å². The van der Waals surface area contributed by atoms with E-state index in [9.17, 15) is 18.8 Å². The summed E-state index contributed by atoms with van der Waals surface area (Å²) in [5, 5.41) is 0. The van der Waals surface area contributed by atoms with Crippen molar-refractivity contribution in [1.82, 2.24) is 4.90 Å². The molecule has 2 rings (SSSR count). The zero-order valence-electron chi connectivity index (χ0n) is 17.2. The van der Waals surface area contributed by atoms with E-state index < -0.39 is 24.3 Å². The van der Waals surface area contributed by atoms with Crippen LogP contribution in [-0.2, 0) is 20.9 Å². The number of rotatable bonds is 11. The molecule has 0 aromatic heterocycles. The van der Waals surface area contributed by atoms with Crippen LogP contribution in [0.4, 0.5) is 4.39 Å². The molecule has 0 atom stereocenters. The molecule has 0 radical (unpaired) electrons. The number of carbonyl (C=O) groups excluding carboxylic acids is 3. The second-order valence-electron chi connectivity index (χ2n) is 6.80. The van der Waals surface area contributed by atoms with E-state index in [1.165, 1.54) is 18.0 Å². The lowest BCUT2D eigenvalue weighted by Gasteiger charge is -2.17. The summed E-state index contributed by atoms with van der Waals surface area (Å²) in [5.41, 5.74) is 0.851. The maximum absolute atomic E-state index is 13.7. The first-order valence-electron chi connectivity index (χ1n) is 9.79. The number of benzene rings is 2. The van der Waals surface area contributed by atoms with Crippen LogP contribution in [0.2, 0.25) is 0 Å². The number of nitrogens with zero attached hydrogens (tertiary/aromatic N) is 1. The van der Waals surface area contributed by atoms with Gasteiger partial charge in [-0.1, -0.05) is 25.1 Å². The molecule has 0 saturated heterocycles. The van der Waals surface area contributed by atoms with Crippen molar-refractivity contribution in [3.05, 3.63) is 65.5 Å². The predicted molar refractivity (Wildman–Crippen MR) is 110 cm³/mol. The van der Waals surface area contributed by atoms with Crippen molar-refractivity contribution >= 4 is 17.7 Å². The highest BCUT2D eigenvalue weighted by Gasteiger charge is 2.15. The Balaban J connectivity index is 1.72. The van der Waals surface area contributed by atoms with Crippen LogP contribution in [0.15, 0.2) is 48.5 Å². The van der Waals surface area contributed by atoms with Crippen molar-refractivity contribution in [1.29, 1.82) is 0 Å². The Hall–Kier alpha value is -3.22. The Kier molecular flexibility index (Phi) is 9.00. The second kappa shape index (κ2) is 11.7. The van der Waals surface area contributed by atoms with Crippen LogP contribution >= 0.6 is 0 Å². The molecule has 0 saturated carbocycles. The molecule has 0 N–H and O–H groups in total. The fourth-order valence-corrected chi connectivity index (χ4v) is 2.61. The average molecular weight is 415 g/mol. The maximum Gasteiger partial charge on any atom is 0.306 e. The highest BCUT2D eigenvalue weighted by atomic mass is 19.1. The van der Waals surface area contributed by atoms with Crippen LogP contribution in [-0.4, -0.2) is 42.8 Å². The molecule has 1 amide bonds. The van der Waals surface area contributed by atoms with Crippen molar-refractivity contribution in [3.63, 3.8) is 0 Å². The molecule has 160 valence electrons. The van der Waals surface area contributed by atoms with E-state index in [-0.39, 0.29) is 25.2 Å². The fourth-order valence-electron chi connectivity index (χ4n) is 2.61. The minimum atomic E-state index is -0.640. The number of ether oxygens (including phenoxy) is 2. The van der Waals surface area contributed by atoms with Gasteiger partial charge in [-0.05, 0) is 36.8 Å². The lowest BCUT2D eigenvalue weighted by molar-refractivity contribution is -0.151. The van der Waals surface area contributed by atoms with Gasteiger partial charge in [0.05, 0.1) is 13.0 Å². The smallest absolute Gasteiger partial charge is 0.306 e. The molecule has 0 unspecified atom stereocenters. The van der Waals surface area contributed by atoms with E-state index in [0.29, 0.717) is 23.5 Å². The zero-order chi connectivity index (χ0) is 21.9. The third-order valence-electron chi connectivity index (χ3n) is 4.35. The normalized spacial score (nSPS) is 10.4. The van der Waals surface area contributed by atoms with Crippen LogP contribution < -0.4 is 4.74 Å². The summed E-state index contributed by atoms with van der Waals surface area (Å²) in [7, 11) is 1.50. The van der Waals surface area contributed by atoms with Crippen molar-refractivity contribution in [2.75, 3.05) is 20.3 Å². The van der Waals surface area contributed by atoms with E-state index in [1.807, 2.05) is 6.92 Å². The molecule has 30 heavy (non-hydrogen) atoms. The summed E-state index contributed by atoms with van der Waals surface area (Å²) in [4.78, 5) is 37.4. The standard InChI is InChI=1S/C23H26FNO5/c1-3-14-29-19-10-8-17(9-11-19)21(26)12-13-23(28)30-16-22(27)25(2)15-18-6-4-5-7-20(18)24/h4-11H,3,12-16H2,1-2H3. The maximum atomic E-state index is 13.7. The van der Waals surface area contributed by atoms with Gasteiger partial charge in [0.25, 0.3) is 5.91 Å². The van der Waals surface area contributed by atoms with Crippen LogP contribution in [0, 0.1) is 5.82 Å². The van der Waals surface area contributed by atoms with Gasteiger partial charge >= 0.3 is 5.97 Å². The number of ketones is 1. The number of hydrogen-bond acceptors (Lipinski definition) is 5. The molecule has 2 aromatic rings. The summed E-state index contributed by atoms with van der Waals surface area (Å²) < 4.78 is 24.1. The summed E-state index contributed by atoms with van der Waals surface area (Å²) in [6.45, 7) is 2.22. The van der Waals surface area contributed by atoms with Gasteiger partial charge in [0.15, 0.2) is 12.4 Å². The highest BCUT2D eigenvalue weighted by Crippen LogP contribution is 2.14. The minimum absolute atomic E-state index is 0.0206. The third kappa shape index (κ3) is 7.31. The molecule has 0 aliphatic rings. The van der Waals surface area contributed by atoms with Crippen molar-refractivity contribution in [2.24, 2.45) is 0 Å². The van der Waals surface area contributed by atoms with Crippen molar-refractivity contribution < 1.29 is 28.2 Å². The average Bonchev–Trinajstić information content (AvgIpc) is 2.76. The highest BCUT2D eigenvalue weighted by molar-refractivity contribution is 5.97. The van der Waals surface area contributed by atoms with Gasteiger partial charge in [-0.3, -0.25) is 14.4 Å². The van der Waals surface area contributed by atoms with Crippen LogP contribution in [0.5, 0.6) is 5.75 Å². The molecule has 0 aliphatic heterocycles. The molecular weight excluding hydrogens is 389 g/mol. The van der Waals surface area contributed by atoms with Gasteiger partial charge in [-0.25, -0.2) is 4.39 Å². The van der Waals surface area contributed by atoms with Crippen LogP contribution in [0.1, 0.15) is 42.1 Å². The Morgan fingerprint density at radius 1 is 1.00 bits per heavy atom. The third-order valence-corrected chi connectivity index (χ3v) is 4.35. The van der Waals surface area contributed by atoms with E-state index in [4.69, 9.17) is 9.47 Å². The summed E-state index contributed by atoms with van der Waals surface area (Å²) in [5.74, 6) is -1.01. The Labute approximate surface area is 175 Å². The molecule has 0 spiro atoms. The quantitative estimate of drug-likeness (QED) is 0.413. The van der Waals surface area contributed by atoms with Gasteiger partial charge in [0.2, 0.25) is 0 Å². The molecule has 0 fully saturated rings. The summed E-state index contributed by atoms with van der Waals surface area (Å²) in [6, 6.07) is 12.9. The SMILES string of the molecule is CCCOc1ccc(C(=O)CCC(=O)OCC(=O)N(C)Cc2ccccc2F)cc1. The lowest BCUT2D eigenvalue weighted by atomic mass is 10.1. The van der Waals surface area contributed by atoms with Gasteiger partial charge in [0, 0.05) is 31.1 Å². The molecule has 0 heterocycles. The first-order valence-corrected chi connectivity index (χ1v) is 9.79. The molecule has 2 aromatic carbocycles. The Bertz CT molecular complexity index is 866. The largest absolute Gasteiger partial charge is 0.494 e. The zero-order valence-corrected chi connectivity index (χ0v) is 17.2. The molecule has 0 aliphatic carbocycles. The monoisotopic (exact) mass is 415 g/mol. The number of Topliss-reactive ketones (excluding diaryl/α,β-unsaturated/α-hetero) is 1. The molecular formula is C23H26FNO5. The first-order chi connectivity index (χ1) is 14.4. The lowest BCUT2D eigenvalue weighted by Crippen LogP contribution is -2.31. The van der Waals surface area contributed by atoms with E-state index in [2.05, 4.69) is 0 Å². The number of hydrogen-bond donors (Lipinski definition) is 0. The van der Waals surface area contributed by atoms with Crippen molar-refractivity contribution in [3.8, 4) is 5.75 Å². The number of esters is 1. The van der Waals surface area contributed by atoms with Crippen LogP contribution in [0.3, 0.4) is 0 Å². The van der Waals surface area contributed by atoms with E-state index >= 15 is 0 Å². The Morgan fingerprint density at radius 3 is 2.37 bits per heavy atom. The van der Waals surface area contributed by atoms with Crippen LogP contribution in [0.25, 0.3) is 0 Å². The molecule has 6 nitrogen and oxygen atoms in total. The van der Waals surface area contributed by atoms with E-state index in [0.717, 1.165) is 6.42 Å². The van der Waals surface area contributed by atoms with Crippen molar-refractivity contribution in [2.45, 2.75) is 32.7 Å². The molecule has 7 heteroatoms. The van der Waals surface area contributed by atoms with Gasteiger partial charge < -0.3 is 14.4 Å². The Morgan fingerprint density at radius 2 is 1.70 bits per heavy atom. The number of amides is 1. The van der Waals surface area contributed by atoms with Gasteiger partial charge in [-0.15, -0.1) is 0 Å². The van der Waals surface area contributed by atoms with E-state index in [1.54, 1.807) is 42.5 Å². The number of likely N-dealkylation sites (N-methyl/N-ethyl adjacent to an activating group) is 1.